The van der Waals surface area contributed by atoms with Gasteiger partial charge in [-0.2, -0.15) is 0 Å². The molecule has 0 aliphatic rings. The molecule has 2 aromatic heterocycles. The third kappa shape index (κ3) is 2.53. The number of thioether (sulfide) groups is 1. The van der Waals surface area contributed by atoms with Crippen molar-refractivity contribution in [2.75, 3.05) is 6.26 Å². The van der Waals surface area contributed by atoms with Crippen LogP contribution in [0.2, 0.25) is 0 Å². The zero-order chi connectivity index (χ0) is 15.8. The van der Waals surface area contributed by atoms with E-state index in [-0.39, 0.29) is 0 Å². The van der Waals surface area contributed by atoms with Gasteiger partial charge in [0.15, 0.2) is 0 Å². The van der Waals surface area contributed by atoms with Gasteiger partial charge in [0.05, 0.1) is 6.26 Å². The van der Waals surface area contributed by atoms with Gasteiger partial charge in [0.25, 0.3) is 0 Å². The van der Waals surface area contributed by atoms with Gasteiger partial charge in [0, 0.05) is 28.3 Å². The van der Waals surface area contributed by atoms with E-state index in [1.807, 2.05) is 18.2 Å². The zero-order valence-corrected chi connectivity index (χ0v) is 13.6. The van der Waals surface area contributed by atoms with Crippen molar-refractivity contribution in [3.8, 4) is 22.6 Å². The number of hydrogen-bond donors (Lipinski definition) is 0. The molecule has 0 N–H and O–H groups in total. The highest BCUT2D eigenvalue weighted by Gasteiger charge is 2.12. The summed E-state index contributed by atoms with van der Waals surface area (Å²) in [4.78, 5) is 1.22. The van der Waals surface area contributed by atoms with Crippen LogP contribution in [-0.2, 0) is 0 Å². The average Bonchev–Trinajstić information content (AvgIpc) is 3.20. The Morgan fingerprint density at radius 1 is 1.00 bits per heavy atom. The average molecular weight is 322 g/mol. The van der Waals surface area contributed by atoms with Gasteiger partial charge in [-0.3, -0.25) is 0 Å². The van der Waals surface area contributed by atoms with Gasteiger partial charge in [0.1, 0.15) is 5.58 Å². The van der Waals surface area contributed by atoms with Crippen molar-refractivity contribution in [2.24, 2.45) is 0 Å². The molecule has 0 bridgehead atoms. The van der Waals surface area contributed by atoms with Crippen LogP contribution in [0.1, 0.15) is 5.89 Å². The van der Waals surface area contributed by atoms with Crippen LogP contribution in [0.3, 0.4) is 0 Å². The number of aromatic nitrogens is 2. The minimum Gasteiger partial charge on any atom is -0.464 e. The summed E-state index contributed by atoms with van der Waals surface area (Å²) in [6, 6.07) is 14.3. The molecular weight excluding hydrogens is 308 g/mol. The van der Waals surface area contributed by atoms with E-state index in [2.05, 4.69) is 40.7 Å². The van der Waals surface area contributed by atoms with Crippen LogP contribution < -0.4 is 0 Å². The number of hydrogen-bond acceptors (Lipinski definition) is 5. The van der Waals surface area contributed by atoms with Gasteiger partial charge in [0.2, 0.25) is 11.8 Å². The summed E-state index contributed by atoms with van der Waals surface area (Å²) in [5.41, 5.74) is 3.93. The van der Waals surface area contributed by atoms with Crippen molar-refractivity contribution in [3.63, 3.8) is 0 Å². The summed E-state index contributed by atoms with van der Waals surface area (Å²) in [6.45, 7) is 1.78. The number of benzene rings is 2. The van der Waals surface area contributed by atoms with Gasteiger partial charge < -0.3 is 8.83 Å². The van der Waals surface area contributed by atoms with E-state index < -0.39 is 0 Å². The lowest BCUT2D eigenvalue weighted by Gasteiger charge is -2.02. The van der Waals surface area contributed by atoms with E-state index in [9.17, 15) is 0 Å². The first kappa shape index (κ1) is 14.1. The summed E-state index contributed by atoms with van der Waals surface area (Å²) in [6.07, 6.45) is 3.87. The molecule has 0 saturated carbocycles. The molecule has 0 unspecified atom stereocenters. The molecular formula is C18H14N2O2S. The van der Waals surface area contributed by atoms with E-state index in [1.165, 1.54) is 4.90 Å². The Labute approximate surface area is 137 Å². The zero-order valence-electron chi connectivity index (χ0n) is 12.7. The molecule has 114 valence electrons. The molecule has 0 atom stereocenters. The second-order valence-corrected chi connectivity index (χ2v) is 6.10. The number of furan rings is 1. The molecule has 5 heteroatoms. The monoisotopic (exact) mass is 322 g/mol. The Hall–Kier alpha value is -2.53. The quantitative estimate of drug-likeness (QED) is 0.486. The third-order valence-electron chi connectivity index (χ3n) is 3.73. The van der Waals surface area contributed by atoms with E-state index in [0.29, 0.717) is 11.8 Å². The molecule has 4 rings (SSSR count). The summed E-state index contributed by atoms with van der Waals surface area (Å²) >= 11 is 1.72. The Bertz CT molecular complexity index is 988. The molecule has 2 aromatic carbocycles. The fourth-order valence-electron chi connectivity index (χ4n) is 2.59. The molecule has 23 heavy (non-hydrogen) atoms. The Balaban J connectivity index is 1.87. The molecule has 0 radical (unpaired) electrons. The lowest BCUT2D eigenvalue weighted by molar-refractivity contribution is 0.533. The van der Waals surface area contributed by atoms with Gasteiger partial charge >= 0.3 is 0 Å². The molecule has 0 spiro atoms. The molecule has 4 nitrogen and oxygen atoms in total. The molecule has 0 fully saturated rings. The highest BCUT2D eigenvalue weighted by molar-refractivity contribution is 7.98. The first-order valence-corrected chi connectivity index (χ1v) is 8.43. The van der Waals surface area contributed by atoms with Crippen molar-refractivity contribution in [1.29, 1.82) is 0 Å². The third-order valence-corrected chi connectivity index (χ3v) is 4.45. The maximum atomic E-state index is 5.70. The van der Waals surface area contributed by atoms with Crippen molar-refractivity contribution in [2.45, 2.75) is 11.8 Å². The molecule has 4 aromatic rings. The Morgan fingerprint density at radius 3 is 2.70 bits per heavy atom. The Kier molecular flexibility index (Phi) is 3.42. The smallest absolute Gasteiger partial charge is 0.247 e. The van der Waals surface area contributed by atoms with Crippen LogP contribution in [0.15, 0.2) is 62.5 Å². The van der Waals surface area contributed by atoms with Gasteiger partial charge in [-0.05, 0) is 42.2 Å². The lowest BCUT2D eigenvalue weighted by atomic mass is 10.0. The summed E-state index contributed by atoms with van der Waals surface area (Å²) in [7, 11) is 0. The van der Waals surface area contributed by atoms with Crippen LogP contribution in [0.4, 0.5) is 0 Å². The normalized spacial score (nSPS) is 11.2. The molecule has 2 heterocycles. The van der Waals surface area contributed by atoms with Crippen LogP contribution in [0, 0.1) is 6.92 Å². The molecule has 0 aliphatic carbocycles. The lowest BCUT2D eigenvalue weighted by Crippen LogP contribution is -1.80. The maximum Gasteiger partial charge on any atom is 0.247 e. The predicted octanol–water partition coefficient (Wildman–Crippen LogP) is 5.18. The summed E-state index contributed by atoms with van der Waals surface area (Å²) in [5, 5.41) is 9.02. The van der Waals surface area contributed by atoms with Crippen molar-refractivity contribution < 1.29 is 8.83 Å². The fourth-order valence-corrected chi connectivity index (χ4v) is 3.05. The summed E-state index contributed by atoms with van der Waals surface area (Å²) in [5.74, 6) is 1.08. The van der Waals surface area contributed by atoms with Crippen molar-refractivity contribution in [3.05, 3.63) is 54.6 Å². The van der Waals surface area contributed by atoms with Gasteiger partial charge in [-0.1, -0.05) is 12.1 Å². The topological polar surface area (TPSA) is 52.1 Å². The number of fused-ring (bicyclic) bond motifs is 1. The number of rotatable bonds is 3. The fraction of sp³-hybridized carbons (Fsp3) is 0.111. The standard InChI is InChI=1S/C18H14N2O2S/c1-11-19-20-18(22-11)13-6-7-17-15(9-13)16(10-21-17)12-4-3-5-14(8-12)23-2/h3-10H,1-2H3. The largest absolute Gasteiger partial charge is 0.464 e. The van der Waals surface area contributed by atoms with Crippen LogP contribution in [0.5, 0.6) is 0 Å². The first-order chi connectivity index (χ1) is 11.2. The maximum absolute atomic E-state index is 5.70. The SMILES string of the molecule is CSc1cccc(-c2coc3ccc(-c4nnc(C)o4)cc23)c1. The highest BCUT2D eigenvalue weighted by atomic mass is 32.2. The van der Waals surface area contributed by atoms with E-state index in [0.717, 1.165) is 27.7 Å². The van der Waals surface area contributed by atoms with E-state index in [4.69, 9.17) is 8.83 Å². The Morgan fingerprint density at radius 2 is 1.91 bits per heavy atom. The molecule has 0 saturated heterocycles. The van der Waals surface area contributed by atoms with Gasteiger partial charge in [-0.25, -0.2) is 0 Å². The van der Waals surface area contributed by atoms with Gasteiger partial charge in [-0.15, -0.1) is 22.0 Å². The van der Waals surface area contributed by atoms with Crippen molar-refractivity contribution >= 4 is 22.7 Å². The van der Waals surface area contributed by atoms with Crippen LogP contribution in [0.25, 0.3) is 33.6 Å². The van der Waals surface area contributed by atoms with Crippen LogP contribution in [-0.4, -0.2) is 16.5 Å². The second-order valence-electron chi connectivity index (χ2n) is 5.22. The highest BCUT2D eigenvalue weighted by Crippen LogP contribution is 2.34. The number of aryl methyl sites for hydroxylation is 1. The predicted molar refractivity (Wildman–Crippen MR) is 91.5 cm³/mol. The second kappa shape index (κ2) is 5.59. The van der Waals surface area contributed by atoms with Crippen molar-refractivity contribution in [1.82, 2.24) is 10.2 Å². The molecule has 0 aliphatic heterocycles. The number of nitrogens with zero attached hydrogens (tertiary/aromatic N) is 2. The first-order valence-electron chi connectivity index (χ1n) is 7.21. The minimum atomic E-state index is 0.523. The summed E-state index contributed by atoms with van der Waals surface area (Å²) < 4.78 is 11.2. The van der Waals surface area contributed by atoms with Crippen LogP contribution >= 0.6 is 11.8 Å². The van der Waals surface area contributed by atoms with E-state index in [1.54, 1.807) is 24.9 Å². The minimum absolute atomic E-state index is 0.523. The van der Waals surface area contributed by atoms with E-state index >= 15 is 0 Å². The molecule has 0 amide bonds.